The molecule has 0 aromatic heterocycles. The van der Waals surface area contributed by atoms with Crippen molar-refractivity contribution in [2.24, 2.45) is 0 Å². The minimum Gasteiger partial charge on any atom is -0.454 e. The van der Waals surface area contributed by atoms with E-state index in [1.807, 2.05) is 0 Å². The first-order valence-electron chi connectivity index (χ1n) is 7.69. The van der Waals surface area contributed by atoms with Gasteiger partial charge in [-0.2, -0.15) is 0 Å². The first kappa shape index (κ1) is 21.3. The lowest BCUT2D eigenvalue weighted by Crippen LogP contribution is -2.32. The van der Waals surface area contributed by atoms with Gasteiger partial charge in [-0.15, -0.1) is 0 Å². The van der Waals surface area contributed by atoms with Crippen LogP contribution >= 0.6 is 27.5 Å². The third kappa shape index (κ3) is 6.32. The molecule has 28 heavy (non-hydrogen) atoms. The van der Waals surface area contributed by atoms with Gasteiger partial charge in [-0.3, -0.25) is 24.5 Å². The molecule has 2 aromatic rings. The molecular weight excluding hydrogens is 458 g/mol. The number of halogens is 2. The molecule has 0 spiro atoms. The fourth-order valence-electron chi connectivity index (χ4n) is 1.96. The molecule has 0 heterocycles. The highest BCUT2D eigenvalue weighted by molar-refractivity contribution is 9.10. The highest BCUT2D eigenvalue weighted by Crippen LogP contribution is 2.26. The summed E-state index contributed by atoms with van der Waals surface area (Å²) in [5, 5.41) is 15.4. The van der Waals surface area contributed by atoms with E-state index in [9.17, 15) is 24.5 Å². The highest BCUT2D eigenvalue weighted by Gasteiger charge is 2.14. The van der Waals surface area contributed by atoms with E-state index in [0.717, 1.165) is 10.5 Å². The van der Waals surface area contributed by atoms with Crippen molar-refractivity contribution in [3.05, 3.63) is 67.6 Å². The maximum Gasteiger partial charge on any atom is 0.325 e. The number of carbonyl (C=O) groups is 3. The maximum atomic E-state index is 11.9. The smallest absolute Gasteiger partial charge is 0.325 e. The van der Waals surface area contributed by atoms with Crippen molar-refractivity contribution in [1.82, 2.24) is 5.32 Å². The van der Waals surface area contributed by atoms with Crippen LogP contribution in [0.5, 0.6) is 0 Å². The monoisotopic (exact) mass is 469 g/mol. The molecule has 11 heteroatoms. The number of nitrogens with zero attached hydrogens (tertiary/aromatic N) is 1. The number of hydrogen-bond donors (Lipinski definition) is 2. The van der Waals surface area contributed by atoms with Gasteiger partial charge in [-0.05, 0) is 30.3 Å². The number of nitro benzene ring substituents is 1. The quantitative estimate of drug-likeness (QED) is 0.364. The molecule has 0 atom stereocenters. The topological polar surface area (TPSA) is 128 Å². The second kappa shape index (κ2) is 9.81. The van der Waals surface area contributed by atoms with Crippen LogP contribution in [0.15, 0.2) is 46.9 Å². The van der Waals surface area contributed by atoms with Gasteiger partial charge in [0.1, 0.15) is 6.54 Å². The van der Waals surface area contributed by atoms with Gasteiger partial charge in [-0.1, -0.05) is 27.5 Å². The molecule has 0 unspecified atom stereocenters. The molecule has 0 saturated heterocycles. The molecule has 0 fully saturated rings. The summed E-state index contributed by atoms with van der Waals surface area (Å²) in [5.74, 6) is -1.97. The molecule has 0 bridgehead atoms. The van der Waals surface area contributed by atoms with Crippen LogP contribution < -0.4 is 10.6 Å². The number of ether oxygens (including phenoxy) is 1. The Morgan fingerprint density at radius 1 is 1.14 bits per heavy atom. The third-order valence-corrected chi connectivity index (χ3v) is 4.14. The minimum absolute atomic E-state index is 0.0318. The van der Waals surface area contributed by atoms with E-state index in [1.165, 1.54) is 12.1 Å². The van der Waals surface area contributed by atoms with E-state index in [1.54, 1.807) is 24.3 Å². The summed E-state index contributed by atoms with van der Waals surface area (Å²) < 4.78 is 5.57. The van der Waals surface area contributed by atoms with Crippen molar-refractivity contribution in [1.29, 1.82) is 0 Å². The van der Waals surface area contributed by atoms with Crippen LogP contribution in [0.25, 0.3) is 0 Å². The molecule has 0 aliphatic rings. The van der Waals surface area contributed by atoms with Gasteiger partial charge in [0.05, 0.1) is 15.6 Å². The SMILES string of the molecule is O=C(COC(=O)CNC(=O)c1ccc(Br)cc1)Nc1ccc([N+](=O)[O-])cc1Cl. The number of esters is 1. The molecule has 2 rings (SSSR count). The number of benzene rings is 2. The molecule has 2 amide bonds. The number of anilines is 1. The fourth-order valence-corrected chi connectivity index (χ4v) is 2.44. The van der Waals surface area contributed by atoms with Gasteiger partial charge in [0.25, 0.3) is 17.5 Å². The molecule has 0 aliphatic carbocycles. The summed E-state index contributed by atoms with van der Waals surface area (Å²) >= 11 is 9.10. The number of nitro groups is 1. The first-order chi connectivity index (χ1) is 13.3. The second-order valence-electron chi connectivity index (χ2n) is 5.32. The normalized spacial score (nSPS) is 10.1. The van der Waals surface area contributed by atoms with E-state index < -0.39 is 35.9 Å². The number of rotatable bonds is 7. The van der Waals surface area contributed by atoms with Crippen LogP contribution in [0.3, 0.4) is 0 Å². The zero-order valence-corrected chi connectivity index (χ0v) is 16.5. The van der Waals surface area contributed by atoms with Gasteiger partial charge < -0.3 is 15.4 Å². The van der Waals surface area contributed by atoms with Crippen molar-refractivity contribution < 1.29 is 24.0 Å². The number of nitrogens with one attached hydrogen (secondary N) is 2. The predicted molar refractivity (Wildman–Crippen MR) is 104 cm³/mol. The van der Waals surface area contributed by atoms with Gasteiger partial charge in [-0.25, -0.2) is 0 Å². The van der Waals surface area contributed by atoms with Crippen LogP contribution in [0, 0.1) is 10.1 Å². The minimum atomic E-state index is -0.810. The Morgan fingerprint density at radius 2 is 1.82 bits per heavy atom. The maximum absolute atomic E-state index is 11.9. The summed E-state index contributed by atoms with van der Waals surface area (Å²) in [6.45, 7) is -1.03. The fraction of sp³-hybridized carbons (Fsp3) is 0.118. The van der Waals surface area contributed by atoms with Gasteiger partial charge in [0.2, 0.25) is 0 Å². The van der Waals surface area contributed by atoms with E-state index in [4.69, 9.17) is 16.3 Å². The highest BCUT2D eigenvalue weighted by atomic mass is 79.9. The van der Waals surface area contributed by atoms with E-state index in [2.05, 4.69) is 26.6 Å². The lowest BCUT2D eigenvalue weighted by atomic mass is 10.2. The Bertz CT molecular complexity index is 920. The first-order valence-corrected chi connectivity index (χ1v) is 8.86. The number of carbonyl (C=O) groups excluding carboxylic acids is 3. The summed E-state index contributed by atoms with van der Waals surface area (Å²) in [5.41, 5.74) is 0.273. The largest absolute Gasteiger partial charge is 0.454 e. The average molecular weight is 471 g/mol. The standard InChI is InChI=1S/C17H13BrClN3O6/c18-11-3-1-10(2-4-11)17(25)20-8-16(24)28-9-15(23)21-14-6-5-12(22(26)27)7-13(14)19/h1-7H,8-9H2,(H,20,25)(H,21,23). The zero-order valence-electron chi connectivity index (χ0n) is 14.1. The number of non-ortho nitro benzene ring substituents is 1. The molecule has 0 aliphatic heterocycles. The second-order valence-corrected chi connectivity index (χ2v) is 6.64. The van der Waals surface area contributed by atoms with Crippen molar-refractivity contribution in [3.8, 4) is 0 Å². The predicted octanol–water partition coefficient (Wildman–Crippen LogP) is 2.92. The Hall–Kier alpha value is -2.98. The molecule has 0 saturated carbocycles. The number of amides is 2. The molecule has 9 nitrogen and oxygen atoms in total. The molecule has 0 radical (unpaired) electrons. The lowest BCUT2D eigenvalue weighted by Gasteiger charge is -2.09. The van der Waals surface area contributed by atoms with E-state index in [0.29, 0.717) is 5.56 Å². The molecule has 2 N–H and O–H groups in total. The Labute approximate surface area is 172 Å². The van der Waals surface area contributed by atoms with Crippen molar-refractivity contribution in [3.63, 3.8) is 0 Å². The van der Waals surface area contributed by atoms with Crippen molar-refractivity contribution in [2.45, 2.75) is 0 Å². The Morgan fingerprint density at radius 3 is 2.43 bits per heavy atom. The Balaban J connectivity index is 1.77. The van der Waals surface area contributed by atoms with Crippen molar-refractivity contribution in [2.75, 3.05) is 18.5 Å². The summed E-state index contributed by atoms with van der Waals surface area (Å²) in [7, 11) is 0. The van der Waals surface area contributed by atoms with Crippen molar-refractivity contribution >= 4 is 56.7 Å². The van der Waals surface area contributed by atoms with Gasteiger partial charge in [0, 0.05) is 22.2 Å². The van der Waals surface area contributed by atoms with E-state index in [-0.39, 0.29) is 16.4 Å². The van der Waals surface area contributed by atoms with Gasteiger partial charge in [0.15, 0.2) is 6.61 Å². The van der Waals surface area contributed by atoms with Gasteiger partial charge >= 0.3 is 5.97 Å². The molecule has 2 aromatic carbocycles. The average Bonchev–Trinajstić information content (AvgIpc) is 2.66. The van der Waals surface area contributed by atoms with E-state index >= 15 is 0 Å². The lowest BCUT2D eigenvalue weighted by molar-refractivity contribution is -0.384. The molecule has 146 valence electrons. The summed E-state index contributed by atoms with van der Waals surface area (Å²) in [4.78, 5) is 45.4. The summed E-state index contributed by atoms with van der Waals surface area (Å²) in [6, 6.07) is 10.0. The number of hydrogen-bond acceptors (Lipinski definition) is 6. The van der Waals surface area contributed by atoms with Crippen LogP contribution in [0.2, 0.25) is 5.02 Å². The van der Waals surface area contributed by atoms with Crippen LogP contribution in [0.1, 0.15) is 10.4 Å². The van der Waals surface area contributed by atoms with Crippen LogP contribution in [0.4, 0.5) is 11.4 Å². The Kier molecular flexibility index (Phi) is 7.47. The third-order valence-electron chi connectivity index (χ3n) is 3.30. The summed E-state index contributed by atoms with van der Waals surface area (Å²) in [6.07, 6.45) is 0. The zero-order chi connectivity index (χ0) is 20.7. The molecular formula is C17H13BrClN3O6. The van der Waals surface area contributed by atoms with Crippen LogP contribution in [-0.2, 0) is 14.3 Å². The van der Waals surface area contributed by atoms with Crippen LogP contribution in [-0.4, -0.2) is 35.9 Å².